The van der Waals surface area contributed by atoms with Crippen LogP contribution >= 0.6 is 22.7 Å². The van der Waals surface area contributed by atoms with Crippen molar-refractivity contribution in [1.82, 2.24) is 15.6 Å². The van der Waals surface area contributed by atoms with Gasteiger partial charge >= 0.3 is 6.03 Å². The van der Waals surface area contributed by atoms with Crippen molar-refractivity contribution in [1.29, 1.82) is 0 Å². The van der Waals surface area contributed by atoms with Gasteiger partial charge in [0.15, 0.2) is 0 Å². The zero-order valence-electron chi connectivity index (χ0n) is 16.5. The monoisotopic (exact) mass is 449 g/mol. The van der Waals surface area contributed by atoms with Crippen molar-refractivity contribution in [3.8, 4) is 0 Å². The van der Waals surface area contributed by atoms with Crippen LogP contribution in [0.25, 0.3) is 20.3 Å². The largest absolute Gasteiger partial charge is 0.347 e. The van der Waals surface area contributed by atoms with Crippen LogP contribution in [-0.2, 0) is 0 Å². The van der Waals surface area contributed by atoms with Gasteiger partial charge in [-0.15, -0.1) is 22.7 Å². The normalized spacial score (nSPS) is 18.4. The number of nitrogens with zero attached hydrogens (tertiary/aromatic N) is 2. The summed E-state index contributed by atoms with van der Waals surface area (Å²) in [4.78, 5) is 33.7. The summed E-state index contributed by atoms with van der Waals surface area (Å²) >= 11 is 2.89. The molecule has 1 fully saturated rings. The Kier molecular flexibility index (Phi) is 4.41. The molecule has 31 heavy (non-hydrogen) atoms. The van der Waals surface area contributed by atoms with E-state index in [4.69, 9.17) is 0 Å². The second kappa shape index (κ2) is 7.30. The molecule has 156 valence electrons. The van der Waals surface area contributed by atoms with Crippen LogP contribution < -0.4 is 20.9 Å². The van der Waals surface area contributed by atoms with E-state index in [0.29, 0.717) is 10.6 Å². The molecule has 0 bridgehead atoms. The van der Waals surface area contributed by atoms with Gasteiger partial charge in [-0.05, 0) is 43.0 Å². The van der Waals surface area contributed by atoms with Gasteiger partial charge in [-0.3, -0.25) is 9.69 Å². The molecule has 3 aromatic heterocycles. The maximum atomic E-state index is 13.2. The molecule has 0 saturated carbocycles. The highest BCUT2D eigenvalue weighted by atomic mass is 32.1. The summed E-state index contributed by atoms with van der Waals surface area (Å²) in [6.07, 6.45) is 3.69. The first-order valence-corrected chi connectivity index (χ1v) is 11.8. The van der Waals surface area contributed by atoms with E-state index in [1.807, 2.05) is 36.4 Å². The van der Waals surface area contributed by atoms with Gasteiger partial charge in [0, 0.05) is 23.5 Å². The Bertz CT molecular complexity index is 1310. The van der Waals surface area contributed by atoms with Gasteiger partial charge in [0.05, 0.1) is 16.8 Å². The minimum absolute atomic E-state index is 0.0976. The molecule has 0 aliphatic carbocycles. The summed E-state index contributed by atoms with van der Waals surface area (Å²) < 4.78 is 1.12. The minimum Gasteiger partial charge on any atom is -0.347 e. The van der Waals surface area contributed by atoms with Gasteiger partial charge in [0.1, 0.15) is 14.7 Å². The SMILES string of the molecule is O=C(N[C@@H]1CCCNC1)c1sc2nccc3c2c1NC(=O)N3c1cc2ccccc2s1. The predicted molar refractivity (Wildman–Crippen MR) is 126 cm³/mol. The van der Waals surface area contributed by atoms with Crippen LogP contribution in [0, 0.1) is 0 Å². The van der Waals surface area contributed by atoms with Gasteiger partial charge in [0.25, 0.3) is 5.91 Å². The van der Waals surface area contributed by atoms with E-state index in [-0.39, 0.29) is 18.0 Å². The number of amides is 3. The van der Waals surface area contributed by atoms with E-state index < -0.39 is 0 Å². The van der Waals surface area contributed by atoms with Crippen LogP contribution in [-0.4, -0.2) is 36.1 Å². The molecule has 0 radical (unpaired) electrons. The molecular weight excluding hydrogens is 430 g/mol. The smallest absolute Gasteiger partial charge is 0.331 e. The quantitative estimate of drug-likeness (QED) is 0.424. The lowest BCUT2D eigenvalue weighted by Gasteiger charge is -2.27. The summed E-state index contributed by atoms with van der Waals surface area (Å²) in [5.41, 5.74) is 1.32. The second-order valence-corrected chi connectivity index (χ2v) is 9.78. The first-order chi connectivity index (χ1) is 15.2. The molecule has 3 amide bonds. The lowest BCUT2D eigenvalue weighted by atomic mass is 10.1. The van der Waals surface area contributed by atoms with Crippen molar-refractivity contribution in [3.05, 3.63) is 47.5 Å². The van der Waals surface area contributed by atoms with Crippen molar-refractivity contribution in [3.63, 3.8) is 0 Å². The van der Waals surface area contributed by atoms with Crippen LogP contribution in [0.1, 0.15) is 22.5 Å². The summed E-state index contributed by atoms with van der Waals surface area (Å²) in [7, 11) is 0. The maximum absolute atomic E-state index is 13.2. The molecule has 2 aliphatic heterocycles. The molecule has 5 heterocycles. The Morgan fingerprint density at radius 1 is 1.23 bits per heavy atom. The summed E-state index contributed by atoms with van der Waals surface area (Å²) in [6, 6.07) is 11.8. The molecule has 0 unspecified atom stereocenters. The average molecular weight is 450 g/mol. The highest BCUT2D eigenvalue weighted by molar-refractivity contribution is 7.23. The summed E-state index contributed by atoms with van der Waals surface area (Å²) in [6.45, 7) is 1.75. The van der Waals surface area contributed by atoms with Crippen LogP contribution in [0.5, 0.6) is 0 Å². The van der Waals surface area contributed by atoms with Gasteiger partial charge in [-0.25, -0.2) is 9.78 Å². The van der Waals surface area contributed by atoms with Crippen molar-refractivity contribution in [2.75, 3.05) is 23.3 Å². The van der Waals surface area contributed by atoms with E-state index in [2.05, 4.69) is 20.9 Å². The van der Waals surface area contributed by atoms with Gasteiger partial charge in [-0.1, -0.05) is 18.2 Å². The third-order valence-electron chi connectivity index (χ3n) is 5.72. The molecule has 2 aliphatic rings. The number of carbonyl (C=O) groups is 2. The number of pyridine rings is 1. The standard InChI is InChI=1S/C22H19N5O2S2/c28-20(25-13-5-3-8-23-11-13)19-18-17-14(7-9-24-21(17)31-19)27(22(29)26-18)16-10-12-4-1-2-6-15(12)30-16/h1-2,4,6-7,9-10,13,23H,3,5,8,11H2,(H,25,28)(H,26,29)/t13-/m1/s1. The molecular formula is C22H19N5O2S2. The molecule has 7 nitrogen and oxygen atoms in total. The number of piperidine rings is 1. The third kappa shape index (κ3) is 3.08. The third-order valence-corrected chi connectivity index (χ3v) is 7.91. The molecule has 1 saturated heterocycles. The number of aromatic nitrogens is 1. The first kappa shape index (κ1) is 18.7. The molecule has 1 aromatic carbocycles. The second-order valence-electron chi connectivity index (χ2n) is 7.72. The number of fused-ring (bicyclic) bond motifs is 1. The van der Waals surface area contributed by atoms with Crippen molar-refractivity contribution >= 4 is 71.3 Å². The van der Waals surface area contributed by atoms with E-state index >= 15 is 0 Å². The number of carbonyl (C=O) groups excluding carboxylic acids is 2. The van der Waals surface area contributed by atoms with E-state index in [1.54, 1.807) is 22.4 Å². The highest BCUT2D eigenvalue weighted by Gasteiger charge is 2.33. The lowest BCUT2D eigenvalue weighted by molar-refractivity contribution is 0.0935. The Morgan fingerprint density at radius 3 is 2.97 bits per heavy atom. The van der Waals surface area contributed by atoms with Gasteiger partial charge < -0.3 is 16.0 Å². The molecule has 6 rings (SSSR count). The number of rotatable bonds is 3. The molecule has 4 aromatic rings. The zero-order chi connectivity index (χ0) is 20.9. The molecule has 3 N–H and O–H groups in total. The number of nitrogens with one attached hydrogen (secondary N) is 3. The Labute approximate surface area is 186 Å². The minimum atomic E-state index is -0.265. The fourth-order valence-electron chi connectivity index (χ4n) is 4.27. The maximum Gasteiger partial charge on any atom is 0.331 e. The fraction of sp³-hybridized carbons (Fsp3) is 0.227. The van der Waals surface area contributed by atoms with Crippen molar-refractivity contribution in [2.45, 2.75) is 18.9 Å². The van der Waals surface area contributed by atoms with Crippen molar-refractivity contribution in [2.24, 2.45) is 0 Å². The van der Waals surface area contributed by atoms with Crippen LogP contribution in [0.15, 0.2) is 42.6 Å². The van der Waals surface area contributed by atoms with Crippen LogP contribution in [0.2, 0.25) is 0 Å². The Hall–Kier alpha value is -3.01. The molecule has 9 heteroatoms. The van der Waals surface area contributed by atoms with Crippen molar-refractivity contribution < 1.29 is 9.59 Å². The van der Waals surface area contributed by atoms with E-state index in [9.17, 15) is 9.59 Å². The number of anilines is 3. The molecule has 1 atom stereocenters. The van der Waals surface area contributed by atoms with Gasteiger partial charge in [-0.2, -0.15) is 0 Å². The number of hydrogen-bond donors (Lipinski definition) is 3. The number of benzene rings is 1. The Balaban J connectivity index is 1.43. The average Bonchev–Trinajstić information content (AvgIpc) is 3.37. The highest BCUT2D eigenvalue weighted by Crippen LogP contribution is 2.47. The lowest BCUT2D eigenvalue weighted by Crippen LogP contribution is -2.45. The topological polar surface area (TPSA) is 86.4 Å². The molecule has 0 spiro atoms. The van der Waals surface area contributed by atoms with Crippen LogP contribution in [0.3, 0.4) is 0 Å². The zero-order valence-corrected chi connectivity index (χ0v) is 18.1. The number of thiophene rings is 2. The van der Waals surface area contributed by atoms with Gasteiger partial charge in [0.2, 0.25) is 0 Å². The Morgan fingerprint density at radius 2 is 2.13 bits per heavy atom. The summed E-state index contributed by atoms with van der Waals surface area (Å²) in [5.74, 6) is -0.159. The summed E-state index contributed by atoms with van der Waals surface area (Å²) in [5, 5.41) is 12.1. The number of hydrogen-bond acceptors (Lipinski definition) is 6. The predicted octanol–water partition coefficient (Wildman–Crippen LogP) is 4.68. The number of urea groups is 1. The van der Waals surface area contributed by atoms with E-state index in [0.717, 1.165) is 56.9 Å². The fourth-order valence-corrected chi connectivity index (χ4v) is 6.36. The van der Waals surface area contributed by atoms with E-state index in [1.165, 1.54) is 11.3 Å². The van der Waals surface area contributed by atoms with Crippen LogP contribution in [0.4, 0.5) is 21.2 Å². The first-order valence-electron chi connectivity index (χ1n) is 10.2.